The summed E-state index contributed by atoms with van der Waals surface area (Å²) in [6.07, 6.45) is 1.13. The van der Waals surface area contributed by atoms with E-state index in [9.17, 15) is 5.11 Å². The van der Waals surface area contributed by atoms with E-state index in [2.05, 4.69) is 11.6 Å². The molecule has 0 aliphatic heterocycles. The molecule has 1 N–H and O–H groups in total. The Balaban J connectivity index is 2.95. The highest BCUT2D eigenvalue weighted by Gasteiger charge is 2.07. The molecule has 12 heavy (non-hydrogen) atoms. The normalized spacial score (nSPS) is 12.6. The van der Waals surface area contributed by atoms with E-state index in [4.69, 9.17) is 0 Å². The third-order valence-electron chi connectivity index (χ3n) is 1.70. The smallest absolute Gasteiger partial charge is 0.0996 e. The van der Waals surface area contributed by atoms with Crippen LogP contribution >= 0.6 is 0 Å². The highest BCUT2D eigenvalue weighted by molar-refractivity contribution is 5.23. The number of nitrogens with zero attached hydrogens (tertiary/aromatic N) is 1. The van der Waals surface area contributed by atoms with Gasteiger partial charge in [-0.15, -0.1) is 0 Å². The van der Waals surface area contributed by atoms with Crippen LogP contribution in [0.1, 0.15) is 24.3 Å². The summed E-state index contributed by atoms with van der Waals surface area (Å²) >= 11 is 0. The van der Waals surface area contributed by atoms with Crippen molar-refractivity contribution < 1.29 is 5.11 Å². The van der Waals surface area contributed by atoms with Gasteiger partial charge >= 0.3 is 0 Å². The zero-order valence-corrected chi connectivity index (χ0v) is 7.41. The van der Waals surface area contributed by atoms with Gasteiger partial charge in [-0.2, -0.15) is 0 Å². The van der Waals surface area contributed by atoms with Crippen LogP contribution in [0, 0.1) is 6.92 Å². The molecule has 1 heterocycles. The van der Waals surface area contributed by atoms with Crippen molar-refractivity contribution in [2.24, 2.45) is 0 Å². The van der Waals surface area contributed by atoms with Gasteiger partial charge in [0.15, 0.2) is 0 Å². The third kappa shape index (κ3) is 1.92. The number of hydrogen-bond acceptors (Lipinski definition) is 2. The summed E-state index contributed by atoms with van der Waals surface area (Å²) in [6.45, 7) is 7.39. The molecule has 1 aromatic heterocycles. The van der Waals surface area contributed by atoms with E-state index >= 15 is 0 Å². The number of hydrogen-bond donors (Lipinski definition) is 1. The highest BCUT2D eigenvalue weighted by atomic mass is 16.3. The Morgan fingerprint density at radius 1 is 1.67 bits per heavy atom. The molecular weight excluding hydrogens is 150 g/mol. The first-order valence-electron chi connectivity index (χ1n) is 3.87. The molecule has 0 spiro atoms. The molecular formula is C10H13NO. The summed E-state index contributed by atoms with van der Waals surface area (Å²) in [6, 6.07) is 3.66. The molecule has 0 saturated heterocycles. The molecule has 0 amide bonds. The lowest BCUT2D eigenvalue weighted by Crippen LogP contribution is -1.98. The van der Waals surface area contributed by atoms with Crippen molar-refractivity contribution in [3.8, 4) is 0 Å². The van der Waals surface area contributed by atoms with Crippen molar-refractivity contribution >= 4 is 0 Å². The number of aromatic nitrogens is 1. The molecule has 0 radical (unpaired) electrons. The third-order valence-corrected chi connectivity index (χ3v) is 1.70. The Hall–Kier alpha value is -1.15. The fourth-order valence-electron chi connectivity index (χ4n) is 1.02. The average molecular weight is 163 g/mol. The van der Waals surface area contributed by atoms with E-state index in [1.165, 1.54) is 0 Å². The van der Waals surface area contributed by atoms with Crippen molar-refractivity contribution in [1.29, 1.82) is 0 Å². The Labute approximate surface area is 72.6 Å². The summed E-state index contributed by atoms with van der Waals surface area (Å²) in [7, 11) is 0. The van der Waals surface area contributed by atoms with E-state index in [1.54, 1.807) is 19.2 Å². The maximum atomic E-state index is 9.59. The Morgan fingerprint density at radius 3 is 2.83 bits per heavy atom. The molecule has 0 fully saturated rings. The fourth-order valence-corrected chi connectivity index (χ4v) is 1.02. The van der Waals surface area contributed by atoms with Crippen LogP contribution in [0.5, 0.6) is 0 Å². The summed E-state index contributed by atoms with van der Waals surface area (Å²) < 4.78 is 0. The second-order valence-corrected chi connectivity index (χ2v) is 2.98. The van der Waals surface area contributed by atoms with Crippen LogP contribution in [0.25, 0.3) is 0 Å². The minimum Gasteiger partial charge on any atom is -0.384 e. The van der Waals surface area contributed by atoms with Gasteiger partial charge in [0.2, 0.25) is 0 Å². The van der Waals surface area contributed by atoms with Crippen molar-refractivity contribution in [3.05, 3.63) is 41.7 Å². The lowest BCUT2D eigenvalue weighted by molar-refractivity contribution is 0.216. The molecule has 2 heteroatoms. The number of aryl methyl sites for hydroxylation is 1. The Morgan fingerprint density at radius 2 is 2.33 bits per heavy atom. The van der Waals surface area contributed by atoms with Gasteiger partial charge in [0.25, 0.3) is 0 Å². The molecule has 1 rings (SSSR count). The van der Waals surface area contributed by atoms with Gasteiger partial charge < -0.3 is 5.11 Å². The maximum Gasteiger partial charge on any atom is 0.0996 e. The minimum absolute atomic E-state index is 0.563. The molecule has 2 nitrogen and oxygen atoms in total. The second-order valence-electron chi connectivity index (χ2n) is 2.98. The zero-order valence-electron chi connectivity index (χ0n) is 7.41. The van der Waals surface area contributed by atoms with Crippen LogP contribution in [0.4, 0.5) is 0 Å². The SMILES string of the molecule is C=C(C)C(O)c1ccnc(C)c1. The minimum atomic E-state index is -0.563. The van der Waals surface area contributed by atoms with Gasteiger partial charge in [0.1, 0.15) is 0 Å². The molecule has 1 atom stereocenters. The first-order chi connectivity index (χ1) is 5.61. The van der Waals surface area contributed by atoms with E-state index in [0.29, 0.717) is 0 Å². The van der Waals surface area contributed by atoms with Gasteiger partial charge in [0, 0.05) is 11.9 Å². The van der Waals surface area contributed by atoms with Crippen LogP contribution in [-0.2, 0) is 0 Å². The van der Waals surface area contributed by atoms with Crippen molar-refractivity contribution in [1.82, 2.24) is 4.98 Å². The van der Waals surface area contributed by atoms with E-state index in [1.807, 2.05) is 13.0 Å². The summed E-state index contributed by atoms with van der Waals surface area (Å²) in [4.78, 5) is 4.04. The fraction of sp³-hybridized carbons (Fsp3) is 0.300. The number of pyridine rings is 1. The second kappa shape index (κ2) is 3.50. The predicted molar refractivity (Wildman–Crippen MR) is 48.7 cm³/mol. The lowest BCUT2D eigenvalue weighted by atomic mass is 10.1. The molecule has 0 aliphatic carbocycles. The summed E-state index contributed by atoms with van der Waals surface area (Å²) in [5, 5.41) is 9.59. The van der Waals surface area contributed by atoms with Crippen LogP contribution < -0.4 is 0 Å². The number of aliphatic hydroxyl groups excluding tert-OH is 1. The molecule has 1 aromatic rings. The molecule has 0 aromatic carbocycles. The largest absolute Gasteiger partial charge is 0.384 e. The van der Waals surface area contributed by atoms with E-state index in [-0.39, 0.29) is 0 Å². The average Bonchev–Trinajstić information content (AvgIpc) is 2.03. The van der Waals surface area contributed by atoms with Gasteiger partial charge in [-0.3, -0.25) is 4.98 Å². The van der Waals surface area contributed by atoms with Gasteiger partial charge in [-0.1, -0.05) is 6.58 Å². The first-order valence-corrected chi connectivity index (χ1v) is 3.87. The predicted octanol–water partition coefficient (Wildman–Crippen LogP) is 2.00. The monoisotopic (exact) mass is 163 g/mol. The molecule has 0 aliphatic rings. The van der Waals surface area contributed by atoms with Crippen LogP contribution in [0.3, 0.4) is 0 Å². The van der Waals surface area contributed by atoms with Crippen molar-refractivity contribution in [2.45, 2.75) is 20.0 Å². The molecule has 1 unspecified atom stereocenters. The van der Waals surface area contributed by atoms with Gasteiger partial charge in [-0.05, 0) is 37.1 Å². The van der Waals surface area contributed by atoms with E-state index < -0.39 is 6.10 Å². The van der Waals surface area contributed by atoms with E-state index in [0.717, 1.165) is 16.8 Å². The van der Waals surface area contributed by atoms with Crippen molar-refractivity contribution in [2.75, 3.05) is 0 Å². The number of aliphatic hydroxyl groups is 1. The van der Waals surface area contributed by atoms with Crippen LogP contribution in [-0.4, -0.2) is 10.1 Å². The summed E-state index contributed by atoms with van der Waals surface area (Å²) in [5.74, 6) is 0. The first kappa shape index (κ1) is 8.94. The highest BCUT2D eigenvalue weighted by Crippen LogP contribution is 2.19. The van der Waals surface area contributed by atoms with Gasteiger partial charge in [0.05, 0.1) is 6.10 Å². The molecule has 64 valence electrons. The van der Waals surface area contributed by atoms with Crippen LogP contribution in [0.15, 0.2) is 30.5 Å². The number of rotatable bonds is 2. The zero-order chi connectivity index (χ0) is 9.14. The van der Waals surface area contributed by atoms with Crippen molar-refractivity contribution in [3.63, 3.8) is 0 Å². The topological polar surface area (TPSA) is 33.1 Å². The standard InChI is InChI=1S/C10H13NO/c1-7(2)10(12)9-4-5-11-8(3)6-9/h4-6,10,12H,1H2,2-3H3. The maximum absolute atomic E-state index is 9.59. The summed E-state index contributed by atoms with van der Waals surface area (Å²) in [5.41, 5.74) is 2.52. The van der Waals surface area contributed by atoms with Crippen LogP contribution in [0.2, 0.25) is 0 Å². The van der Waals surface area contributed by atoms with Gasteiger partial charge in [-0.25, -0.2) is 0 Å². The Kier molecular flexibility index (Phi) is 2.61. The molecule has 0 bridgehead atoms. The lowest BCUT2D eigenvalue weighted by Gasteiger charge is -2.10. The Bertz CT molecular complexity index is 294. The molecule has 0 saturated carbocycles. The quantitative estimate of drug-likeness (QED) is 0.676.